The lowest BCUT2D eigenvalue weighted by molar-refractivity contribution is 0.220. The maximum atomic E-state index is 6.20. The van der Waals surface area contributed by atoms with Crippen molar-refractivity contribution >= 4 is 12.4 Å². The van der Waals surface area contributed by atoms with Gasteiger partial charge in [0.1, 0.15) is 11.5 Å². The first-order chi connectivity index (χ1) is 13.3. The van der Waals surface area contributed by atoms with Crippen molar-refractivity contribution in [1.82, 2.24) is 9.80 Å². The molecule has 0 amide bonds. The van der Waals surface area contributed by atoms with Crippen molar-refractivity contribution in [3.8, 4) is 11.5 Å². The number of piperidine rings is 2. The van der Waals surface area contributed by atoms with Crippen molar-refractivity contribution < 1.29 is 4.74 Å². The van der Waals surface area contributed by atoms with Crippen LogP contribution in [-0.2, 0) is 13.1 Å². The first-order valence-corrected chi connectivity index (χ1v) is 10.7. The van der Waals surface area contributed by atoms with E-state index in [0.29, 0.717) is 0 Å². The lowest BCUT2D eigenvalue weighted by Gasteiger charge is -2.26. The Hall–Kier alpha value is -1.55. The third kappa shape index (κ3) is 6.23. The zero-order valence-electron chi connectivity index (χ0n) is 16.8. The Bertz CT molecular complexity index is 663. The molecule has 0 saturated carbocycles. The molecule has 0 atom stereocenters. The van der Waals surface area contributed by atoms with E-state index in [0.717, 1.165) is 24.6 Å². The van der Waals surface area contributed by atoms with Crippen molar-refractivity contribution in [2.75, 3.05) is 26.2 Å². The number of nitrogens with zero attached hydrogens (tertiary/aromatic N) is 2. The summed E-state index contributed by atoms with van der Waals surface area (Å²) in [6, 6.07) is 17.2. The average molecular weight is 401 g/mol. The molecule has 2 aliphatic rings. The average Bonchev–Trinajstić information content (AvgIpc) is 2.70. The summed E-state index contributed by atoms with van der Waals surface area (Å²) in [5.41, 5.74) is 2.69. The second-order valence-electron chi connectivity index (χ2n) is 8.07. The predicted molar refractivity (Wildman–Crippen MR) is 118 cm³/mol. The van der Waals surface area contributed by atoms with Crippen LogP contribution in [-0.4, -0.2) is 36.0 Å². The number of rotatable bonds is 6. The van der Waals surface area contributed by atoms with Crippen molar-refractivity contribution in [3.63, 3.8) is 0 Å². The monoisotopic (exact) mass is 400 g/mol. The Morgan fingerprint density at radius 3 is 1.46 bits per heavy atom. The van der Waals surface area contributed by atoms with E-state index >= 15 is 0 Å². The van der Waals surface area contributed by atoms with Crippen LogP contribution in [0.5, 0.6) is 11.5 Å². The van der Waals surface area contributed by atoms with Crippen LogP contribution < -0.4 is 4.74 Å². The van der Waals surface area contributed by atoms with Crippen molar-refractivity contribution in [1.29, 1.82) is 0 Å². The van der Waals surface area contributed by atoms with Crippen molar-refractivity contribution in [3.05, 3.63) is 59.7 Å². The van der Waals surface area contributed by atoms with Crippen LogP contribution >= 0.6 is 12.4 Å². The molecule has 0 unspecified atom stereocenters. The molecule has 2 aliphatic heterocycles. The van der Waals surface area contributed by atoms with Gasteiger partial charge in [-0.25, -0.2) is 0 Å². The van der Waals surface area contributed by atoms with Crippen molar-refractivity contribution in [2.45, 2.75) is 51.6 Å². The molecule has 152 valence electrons. The molecule has 0 bridgehead atoms. The maximum absolute atomic E-state index is 6.20. The standard InChI is InChI=1S/C24H32N2O.ClH/c1-3-13-25(14-4-1)19-21-9-7-11-23(17-21)27-24-12-8-10-22(18-24)20-26-15-5-2-6-16-26;/h7-12,17-18H,1-6,13-16,19-20H2;1H. The smallest absolute Gasteiger partial charge is 0.127 e. The van der Waals surface area contributed by atoms with Gasteiger partial charge in [0, 0.05) is 13.1 Å². The van der Waals surface area contributed by atoms with Crippen LogP contribution in [0.4, 0.5) is 0 Å². The highest BCUT2D eigenvalue weighted by Crippen LogP contribution is 2.25. The van der Waals surface area contributed by atoms with Gasteiger partial charge in [-0.15, -0.1) is 12.4 Å². The number of benzene rings is 2. The fraction of sp³-hybridized carbons (Fsp3) is 0.500. The molecule has 0 N–H and O–H groups in total. The van der Waals surface area contributed by atoms with E-state index in [-0.39, 0.29) is 12.4 Å². The second kappa shape index (κ2) is 10.8. The Labute approximate surface area is 176 Å². The summed E-state index contributed by atoms with van der Waals surface area (Å²) in [6.45, 7) is 6.97. The molecule has 0 spiro atoms. The Morgan fingerprint density at radius 2 is 1.04 bits per heavy atom. The van der Waals surface area contributed by atoms with Gasteiger partial charge >= 0.3 is 0 Å². The Morgan fingerprint density at radius 1 is 0.607 bits per heavy atom. The van der Waals surface area contributed by atoms with Crippen LogP contribution in [0.2, 0.25) is 0 Å². The predicted octanol–water partition coefficient (Wildman–Crippen LogP) is 5.87. The van der Waals surface area contributed by atoms with Gasteiger partial charge in [-0.1, -0.05) is 37.1 Å². The van der Waals surface area contributed by atoms with Gasteiger partial charge in [-0.05, 0) is 87.3 Å². The molecule has 3 nitrogen and oxygen atoms in total. The summed E-state index contributed by atoms with van der Waals surface area (Å²) in [5.74, 6) is 1.89. The van der Waals surface area contributed by atoms with Gasteiger partial charge in [0.15, 0.2) is 0 Å². The highest BCUT2D eigenvalue weighted by Gasteiger charge is 2.12. The first kappa shape index (κ1) is 21.2. The van der Waals surface area contributed by atoms with Crippen molar-refractivity contribution in [2.24, 2.45) is 0 Å². The van der Waals surface area contributed by atoms with Crippen LogP contribution in [0.15, 0.2) is 48.5 Å². The number of ether oxygens (including phenoxy) is 1. The summed E-state index contributed by atoms with van der Waals surface area (Å²) < 4.78 is 6.20. The lowest BCUT2D eigenvalue weighted by atomic mass is 10.1. The largest absolute Gasteiger partial charge is 0.457 e. The number of hydrogen-bond donors (Lipinski definition) is 0. The molecule has 4 heteroatoms. The quantitative estimate of drug-likeness (QED) is 0.602. The molecule has 0 radical (unpaired) electrons. The van der Waals surface area contributed by atoms with E-state index in [4.69, 9.17) is 4.74 Å². The fourth-order valence-corrected chi connectivity index (χ4v) is 4.30. The molecule has 2 fully saturated rings. The number of hydrogen-bond acceptors (Lipinski definition) is 3. The summed E-state index contributed by atoms with van der Waals surface area (Å²) in [7, 11) is 0. The van der Waals surface area contributed by atoms with E-state index in [2.05, 4.69) is 58.3 Å². The first-order valence-electron chi connectivity index (χ1n) is 10.7. The van der Waals surface area contributed by atoms with Crippen LogP contribution in [0, 0.1) is 0 Å². The van der Waals surface area contributed by atoms with Crippen LogP contribution in [0.25, 0.3) is 0 Å². The second-order valence-corrected chi connectivity index (χ2v) is 8.07. The molecule has 4 rings (SSSR count). The van der Waals surface area contributed by atoms with Gasteiger partial charge in [0.2, 0.25) is 0 Å². The van der Waals surface area contributed by atoms with Gasteiger partial charge < -0.3 is 4.74 Å². The minimum absolute atomic E-state index is 0. The Kier molecular flexibility index (Phi) is 8.20. The van der Waals surface area contributed by atoms with E-state index in [1.165, 1.54) is 75.8 Å². The SMILES string of the molecule is Cl.c1cc(CN2CCCCC2)cc(Oc2cccc(CN3CCCCC3)c2)c1. The van der Waals surface area contributed by atoms with E-state index in [9.17, 15) is 0 Å². The third-order valence-electron chi connectivity index (χ3n) is 5.74. The lowest BCUT2D eigenvalue weighted by Crippen LogP contribution is -2.29. The topological polar surface area (TPSA) is 15.7 Å². The fourth-order valence-electron chi connectivity index (χ4n) is 4.30. The molecule has 0 aromatic heterocycles. The van der Waals surface area contributed by atoms with Gasteiger partial charge in [0.05, 0.1) is 0 Å². The molecule has 28 heavy (non-hydrogen) atoms. The van der Waals surface area contributed by atoms with Gasteiger partial charge in [0.25, 0.3) is 0 Å². The molecule has 2 saturated heterocycles. The number of halogens is 1. The Balaban J connectivity index is 0.00000225. The molecular formula is C24H33ClN2O. The maximum Gasteiger partial charge on any atom is 0.127 e. The highest BCUT2D eigenvalue weighted by atomic mass is 35.5. The van der Waals surface area contributed by atoms with Gasteiger partial charge in [-0.3, -0.25) is 9.80 Å². The number of likely N-dealkylation sites (tertiary alicyclic amines) is 2. The normalized spacial score (nSPS) is 18.4. The van der Waals surface area contributed by atoms with Gasteiger partial charge in [-0.2, -0.15) is 0 Å². The molecule has 2 aromatic rings. The molecular weight excluding hydrogens is 368 g/mol. The summed E-state index contributed by atoms with van der Waals surface area (Å²) in [6.07, 6.45) is 8.10. The summed E-state index contributed by atoms with van der Waals surface area (Å²) in [5, 5.41) is 0. The minimum atomic E-state index is 0. The van der Waals surface area contributed by atoms with E-state index in [1.807, 2.05) is 0 Å². The van der Waals surface area contributed by atoms with E-state index < -0.39 is 0 Å². The zero-order chi connectivity index (χ0) is 18.3. The third-order valence-corrected chi connectivity index (χ3v) is 5.74. The zero-order valence-corrected chi connectivity index (χ0v) is 17.6. The minimum Gasteiger partial charge on any atom is -0.457 e. The van der Waals surface area contributed by atoms with Crippen LogP contribution in [0.1, 0.15) is 49.7 Å². The molecule has 2 aromatic carbocycles. The summed E-state index contributed by atoms with van der Waals surface area (Å²) >= 11 is 0. The summed E-state index contributed by atoms with van der Waals surface area (Å²) in [4.78, 5) is 5.11. The molecule has 2 heterocycles. The van der Waals surface area contributed by atoms with E-state index in [1.54, 1.807) is 0 Å². The van der Waals surface area contributed by atoms with Crippen LogP contribution in [0.3, 0.4) is 0 Å². The molecule has 0 aliphatic carbocycles. The highest BCUT2D eigenvalue weighted by molar-refractivity contribution is 5.85.